The Morgan fingerprint density at radius 3 is 2.27 bits per heavy atom. The summed E-state index contributed by atoms with van der Waals surface area (Å²) in [5.41, 5.74) is -0.711. The monoisotopic (exact) mass is 238 g/mol. The first-order chi connectivity index (χ1) is 6.53. The van der Waals surface area contributed by atoms with Crippen LogP contribution in [-0.4, -0.2) is 43.9 Å². The van der Waals surface area contributed by atoms with Crippen molar-refractivity contribution in [3.8, 4) is 0 Å². The average molecular weight is 238 g/mol. The zero-order valence-corrected chi connectivity index (χ0v) is 10.2. The molecule has 15 heavy (non-hydrogen) atoms. The number of carbonyl (C=O) groups is 1. The van der Waals surface area contributed by atoms with E-state index < -0.39 is 27.6 Å². The number of carboxylic acid groups (broad SMARTS) is 1. The van der Waals surface area contributed by atoms with Crippen LogP contribution in [0, 0.1) is 0 Å². The lowest BCUT2D eigenvalue weighted by Crippen LogP contribution is -2.52. The van der Waals surface area contributed by atoms with E-state index in [1.807, 2.05) is 0 Å². The molecule has 0 aliphatic rings. The molecule has 0 aromatic rings. The van der Waals surface area contributed by atoms with Gasteiger partial charge in [-0.15, -0.1) is 0 Å². The van der Waals surface area contributed by atoms with Crippen molar-refractivity contribution in [2.75, 3.05) is 12.8 Å². The number of aliphatic carboxylic acids is 1. The van der Waals surface area contributed by atoms with E-state index in [0.29, 0.717) is 0 Å². The second kappa shape index (κ2) is 4.91. The van der Waals surface area contributed by atoms with Crippen LogP contribution in [0.2, 0.25) is 0 Å². The van der Waals surface area contributed by atoms with E-state index in [9.17, 15) is 13.2 Å². The van der Waals surface area contributed by atoms with E-state index in [-0.39, 0.29) is 6.54 Å². The van der Waals surface area contributed by atoms with Gasteiger partial charge in [0.05, 0.1) is 6.26 Å². The average Bonchev–Trinajstić information content (AvgIpc) is 1.95. The molecule has 0 aliphatic carbocycles. The minimum absolute atomic E-state index is 0.244. The molecular formula is C8H18N2O4S. The topological polar surface area (TPSA) is 95.5 Å². The molecule has 0 aromatic carbocycles. The molecule has 0 amide bonds. The molecular weight excluding hydrogens is 220 g/mol. The lowest BCUT2D eigenvalue weighted by Gasteiger charge is -2.26. The number of carboxylic acids is 1. The van der Waals surface area contributed by atoms with Crippen molar-refractivity contribution in [3.63, 3.8) is 0 Å². The number of sulfonamides is 1. The minimum atomic E-state index is -3.29. The Bertz CT molecular complexity index is 324. The largest absolute Gasteiger partial charge is 0.480 e. The van der Waals surface area contributed by atoms with Gasteiger partial charge in [-0.2, -0.15) is 0 Å². The highest BCUT2D eigenvalue weighted by Gasteiger charge is 2.23. The Morgan fingerprint density at radius 2 is 1.93 bits per heavy atom. The first-order valence-electron chi connectivity index (χ1n) is 4.49. The first-order valence-corrected chi connectivity index (χ1v) is 6.38. The van der Waals surface area contributed by atoms with Gasteiger partial charge < -0.3 is 10.4 Å². The normalized spacial score (nSPS) is 14.9. The SMILES string of the molecule is CC(NCC(C)(C)NS(C)(=O)=O)C(=O)O. The smallest absolute Gasteiger partial charge is 0.320 e. The van der Waals surface area contributed by atoms with Crippen molar-refractivity contribution in [2.45, 2.75) is 32.4 Å². The van der Waals surface area contributed by atoms with Crippen molar-refractivity contribution in [3.05, 3.63) is 0 Å². The number of hydrogen-bond acceptors (Lipinski definition) is 4. The summed E-state index contributed by atoms with van der Waals surface area (Å²) in [7, 11) is -3.29. The fourth-order valence-electron chi connectivity index (χ4n) is 1.03. The van der Waals surface area contributed by atoms with Gasteiger partial charge in [0.25, 0.3) is 0 Å². The quantitative estimate of drug-likeness (QED) is 0.573. The molecule has 3 N–H and O–H groups in total. The molecule has 7 heteroatoms. The van der Waals surface area contributed by atoms with Crippen LogP contribution in [0.5, 0.6) is 0 Å². The van der Waals surface area contributed by atoms with Gasteiger partial charge in [0.1, 0.15) is 6.04 Å². The van der Waals surface area contributed by atoms with E-state index in [1.54, 1.807) is 13.8 Å². The van der Waals surface area contributed by atoms with Crippen LogP contribution in [0.25, 0.3) is 0 Å². The molecule has 0 saturated carbocycles. The summed E-state index contributed by atoms with van der Waals surface area (Å²) < 4.78 is 24.3. The molecule has 0 fully saturated rings. The zero-order valence-electron chi connectivity index (χ0n) is 9.36. The maximum atomic E-state index is 11.0. The minimum Gasteiger partial charge on any atom is -0.480 e. The summed E-state index contributed by atoms with van der Waals surface area (Å²) in [6.07, 6.45) is 1.06. The molecule has 1 atom stereocenters. The first kappa shape index (κ1) is 14.3. The molecule has 0 saturated heterocycles. The van der Waals surface area contributed by atoms with Gasteiger partial charge in [-0.05, 0) is 20.8 Å². The maximum absolute atomic E-state index is 11.0. The van der Waals surface area contributed by atoms with Crippen molar-refractivity contribution >= 4 is 16.0 Å². The van der Waals surface area contributed by atoms with Crippen molar-refractivity contribution < 1.29 is 18.3 Å². The lowest BCUT2D eigenvalue weighted by atomic mass is 10.1. The second-order valence-corrected chi connectivity index (χ2v) is 5.95. The maximum Gasteiger partial charge on any atom is 0.320 e. The second-order valence-electron chi connectivity index (χ2n) is 4.20. The predicted octanol–water partition coefficient (Wildman–Crippen LogP) is -0.623. The molecule has 1 unspecified atom stereocenters. The molecule has 0 aliphatic heterocycles. The summed E-state index contributed by atoms with van der Waals surface area (Å²) in [5.74, 6) is -0.967. The fraction of sp³-hybridized carbons (Fsp3) is 0.875. The Balaban J connectivity index is 4.22. The van der Waals surface area contributed by atoms with Crippen molar-refractivity contribution in [1.29, 1.82) is 0 Å². The Labute approximate surface area is 90.1 Å². The van der Waals surface area contributed by atoms with E-state index in [0.717, 1.165) is 6.26 Å². The Morgan fingerprint density at radius 1 is 1.47 bits per heavy atom. The van der Waals surface area contributed by atoms with E-state index in [1.165, 1.54) is 6.92 Å². The van der Waals surface area contributed by atoms with Crippen LogP contribution in [0.4, 0.5) is 0 Å². The van der Waals surface area contributed by atoms with Crippen LogP contribution >= 0.6 is 0 Å². The third-order valence-corrected chi connectivity index (χ3v) is 2.61. The van der Waals surface area contributed by atoms with Gasteiger partial charge in [0.15, 0.2) is 0 Å². The summed E-state index contributed by atoms with van der Waals surface area (Å²) in [6.45, 7) is 5.09. The van der Waals surface area contributed by atoms with Crippen LogP contribution < -0.4 is 10.0 Å². The molecule has 0 radical (unpaired) electrons. The lowest BCUT2D eigenvalue weighted by molar-refractivity contribution is -0.139. The highest BCUT2D eigenvalue weighted by molar-refractivity contribution is 7.88. The van der Waals surface area contributed by atoms with Gasteiger partial charge in [0.2, 0.25) is 10.0 Å². The summed E-state index contributed by atoms with van der Waals surface area (Å²) in [4.78, 5) is 10.5. The van der Waals surface area contributed by atoms with E-state index in [2.05, 4.69) is 10.0 Å². The predicted molar refractivity (Wildman–Crippen MR) is 57.2 cm³/mol. The summed E-state index contributed by atoms with van der Waals surface area (Å²) in [5, 5.41) is 11.3. The zero-order chi connectivity index (χ0) is 12.3. The molecule has 0 bridgehead atoms. The molecule has 6 nitrogen and oxygen atoms in total. The van der Waals surface area contributed by atoms with E-state index >= 15 is 0 Å². The summed E-state index contributed by atoms with van der Waals surface area (Å²) in [6, 6.07) is -0.703. The number of hydrogen-bond donors (Lipinski definition) is 3. The Hall–Kier alpha value is -0.660. The molecule has 0 spiro atoms. The standard InChI is InChI=1S/C8H18N2O4S/c1-6(7(11)12)9-5-8(2,3)10-15(4,13)14/h6,9-10H,5H2,1-4H3,(H,11,12). The van der Waals surface area contributed by atoms with Gasteiger partial charge in [-0.3, -0.25) is 4.79 Å². The molecule has 90 valence electrons. The highest BCUT2D eigenvalue weighted by Crippen LogP contribution is 2.02. The van der Waals surface area contributed by atoms with Gasteiger partial charge in [-0.25, -0.2) is 13.1 Å². The fourth-order valence-corrected chi connectivity index (χ4v) is 2.11. The summed E-state index contributed by atoms with van der Waals surface area (Å²) >= 11 is 0. The van der Waals surface area contributed by atoms with Crippen LogP contribution in [0.3, 0.4) is 0 Å². The van der Waals surface area contributed by atoms with Crippen LogP contribution in [0.1, 0.15) is 20.8 Å². The van der Waals surface area contributed by atoms with E-state index in [4.69, 9.17) is 5.11 Å². The van der Waals surface area contributed by atoms with Crippen molar-refractivity contribution in [1.82, 2.24) is 10.0 Å². The Kier molecular flexibility index (Phi) is 4.69. The van der Waals surface area contributed by atoms with Gasteiger partial charge >= 0.3 is 5.97 Å². The number of nitrogens with one attached hydrogen (secondary N) is 2. The molecule has 0 aromatic heterocycles. The highest BCUT2D eigenvalue weighted by atomic mass is 32.2. The molecule has 0 rings (SSSR count). The van der Waals surface area contributed by atoms with Crippen LogP contribution in [0.15, 0.2) is 0 Å². The van der Waals surface area contributed by atoms with Crippen molar-refractivity contribution in [2.24, 2.45) is 0 Å². The molecule has 0 heterocycles. The van der Waals surface area contributed by atoms with Crippen LogP contribution in [-0.2, 0) is 14.8 Å². The number of rotatable bonds is 6. The van der Waals surface area contributed by atoms with Gasteiger partial charge in [-0.1, -0.05) is 0 Å². The third kappa shape index (κ3) is 7.29. The van der Waals surface area contributed by atoms with Gasteiger partial charge in [0, 0.05) is 12.1 Å². The third-order valence-electron chi connectivity index (χ3n) is 1.68.